The van der Waals surface area contributed by atoms with Crippen LogP contribution in [0.3, 0.4) is 0 Å². The highest BCUT2D eigenvalue weighted by Crippen LogP contribution is 2.41. The first-order valence-corrected chi connectivity index (χ1v) is 11.4. The Balaban J connectivity index is 1.54. The standard InChI is InChI=1S/C26H23N3O2S/c1-17(2)30-21-11-9-19(10-12-21)25-27-26(31-28-25)24-23(29-13-4-5-14-29)22(16-32-24)20-8-6-7-18(3)15-20/h4-17H,1-3H3. The van der Waals surface area contributed by atoms with Crippen molar-refractivity contribution in [2.24, 2.45) is 0 Å². The minimum Gasteiger partial charge on any atom is -0.491 e. The van der Waals surface area contributed by atoms with Crippen LogP contribution < -0.4 is 4.74 Å². The van der Waals surface area contributed by atoms with Crippen LogP contribution >= 0.6 is 11.3 Å². The lowest BCUT2D eigenvalue weighted by atomic mass is 10.0. The van der Waals surface area contributed by atoms with Gasteiger partial charge in [0.05, 0.1) is 11.8 Å². The van der Waals surface area contributed by atoms with Crippen LogP contribution in [0, 0.1) is 6.92 Å². The van der Waals surface area contributed by atoms with Crippen LogP contribution in [-0.4, -0.2) is 20.8 Å². The molecule has 0 aliphatic carbocycles. The third kappa shape index (κ3) is 3.97. The van der Waals surface area contributed by atoms with Gasteiger partial charge in [0.15, 0.2) is 0 Å². The van der Waals surface area contributed by atoms with E-state index in [2.05, 4.69) is 46.3 Å². The predicted octanol–water partition coefficient (Wildman–Crippen LogP) is 7.02. The molecule has 160 valence electrons. The quantitative estimate of drug-likeness (QED) is 0.284. The molecular weight excluding hydrogens is 418 g/mol. The minimum absolute atomic E-state index is 0.131. The molecule has 0 aliphatic heterocycles. The molecule has 0 saturated carbocycles. The first kappa shape index (κ1) is 20.3. The Morgan fingerprint density at radius 3 is 2.47 bits per heavy atom. The van der Waals surface area contributed by atoms with Crippen molar-refractivity contribution < 1.29 is 9.26 Å². The van der Waals surface area contributed by atoms with Gasteiger partial charge in [-0.3, -0.25) is 0 Å². The van der Waals surface area contributed by atoms with Gasteiger partial charge in [0, 0.05) is 28.9 Å². The molecule has 0 N–H and O–H groups in total. The highest BCUT2D eigenvalue weighted by molar-refractivity contribution is 7.14. The largest absolute Gasteiger partial charge is 0.491 e. The van der Waals surface area contributed by atoms with Gasteiger partial charge >= 0.3 is 0 Å². The molecule has 2 aromatic carbocycles. The summed E-state index contributed by atoms with van der Waals surface area (Å²) in [4.78, 5) is 5.66. The van der Waals surface area contributed by atoms with E-state index in [1.807, 2.05) is 62.6 Å². The van der Waals surface area contributed by atoms with E-state index in [1.165, 1.54) is 5.56 Å². The van der Waals surface area contributed by atoms with Crippen LogP contribution in [0.1, 0.15) is 19.4 Å². The number of thiophene rings is 1. The fourth-order valence-electron chi connectivity index (χ4n) is 3.65. The van der Waals surface area contributed by atoms with E-state index < -0.39 is 0 Å². The summed E-state index contributed by atoms with van der Waals surface area (Å²) in [6.45, 7) is 6.12. The summed E-state index contributed by atoms with van der Waals surface area (Å²) in [5.74, 6) is 1.89. The fourth-order valence-corrected chi connectivity index (χ4v) is 4.64. The van der Waals surface area contributed by atoms with E-state index in [0.29, 0.717) is 11.7 Å². The monoisotopic (exact) mass is 441 g/mol. The van der Waals surface area contributed by atoms with Gasteiger partial charge in [-0.05, 0) is 62.7 Å². The molecule has 0 bridgehead atoms. The molecule has 0 amide bonds. The summed E-state index contributed by atoms with van der Waals surface area (Å²) in [6.07, 6.45) is 4.21. The van der Waals surface area contributed by atoms with Crippen molar-refractivity contribution in [3.8, 4) is 44.7 Å². The van der Waals surface area contributed by atoms with E-state index in [4.69, 9.17) is 14.2 Å². The molecule has 0 atom stereocenters. The Labute approximate surface area is 190 Å². The lowest BCUT2D eigenvalue weighted by Crippen LogP contribution is -2.05. The molecule has 0 spiro atoms. The summed E-state index contributed by atoms with van der Waals surface area (Å²) in [5, 5.41) is 6.40. The SMILES string of the molecule is Cc1cccc(-c2csc(-c3nc(-c4ccc(OC(C)C)cc4)no3)c2-n2cccc2)c1. The Hall–Kier alpha value is -3.64. The molecule has 32 heavy (non-hydrogen) atoms. The highest BCUT2D eigenvalue weighted by Gasteiger charge is 2.21. The average Bonchev–Trinajstić information content (AvgIpc) is 3.53. The van der Waals surface area contributed by atoms with Gasteiger partial charge in [0.2, 0.25) is 5.82 Å². The van der Waals surface area contributed by atoms with Crippen molar-refractivity contribution in [2.75, 3.05) is 0 Å². The fraction of sp³-hybridized carbons (Fsp3) is 0.154. The Morgan fingerprint density at radius 1 is 0.969 bits per heavy atom. The molecule has 5 nitrogen and oxygen atoms in total. The van der Waals surface area contributed by atoms with E-state index in [0.717, 1.165) is 33.0 Å². The summed E-state index contributed by atoms with van der Waals surface area (Å²) >= 11 is 1.61. The zero-order chi connectivity index (χ0) is 22.1. The number of nitrogens with zero attached hydrogens (tertiary/aromatic N) is 3. The number of aromatic nitrogens is 3. The maximum absolute atomic E-state index is 5.72. The highest BCUT2D eigenvalue weighted by atomic mass is 32.1. The van der Waals surface area contributed by atoms with Gasteiger partial charge < -0.3 is 13.8 Å². The predicted molar refractivity (Wildman–Crippen MR) is 128 cm³/mol. The number of benzene rings is 2. The molecule has 0 unspecified atom stereocenters. The smallest absolute Gasteiger partial charge is 0.270 e. The van der Waals surface area contributed by atoms with E-state index in [1.54, 1.807) is 11.3 Å². The zero-order valence-electron chi connectivity index (χ0n) is 18.1. The first-order valence-electron chi connectivity index (χ1n) is 10.5. The van der Waals surface area contributed by atoms with Crippen molar-refractivity contribution in [1.29, 1.82) is 0 Å². The van der Waals surface area contributed by atoms with Gasteiger partial charge in [0.1, 0.15) is 10.6 Å². The Bertz CT molecular complexity index is 1330. The number of hydrogen-bond donors (Lipinski definition) is 0. The lowest BCUT2D eigenvalue weighted by Gasteiger charge is -2.09. The van der Waals surface area contributed by atoms with Crippen LogP contribution in [0.25, 0.3) is 39.0 Å². The third-order valence-electron chi connectivity index (χ3n) is 5.06. The molecule has 0 aliphatic rings. The van der Waals surface area contributed by atoms with E-state index in [9.17, 15) is 0 Å². The van der Waals surface area contributed by atoms with Gasteiger partial charge in [-0.2, -0.15) is 4.98 Å². The van der Waals surface area contributed by atoms with E-state index in [-0.39, 0.29) is 6.10 Å². The second kappa shape index (κ2) is 8.48. The summed E-state index contributed by atoms with van der Waals surface area (Å²) in [7, 11) is 0. The number of aryl methyl sites for hydroxylation is 1. The third-order valence-corrected chi connectivity index (χ3v) is 6.02. The maximum Gasteiger partial charge on any atom is 0.270 e. The number of hydrogen-bond acceptors (Lipinski definition) is 5. The topological polar surface area (TPSA) is 53.1 Å². The second-order valence-electron chi connectivity index (χ2n) is 7.90. The van der Waals surface area contributed by atoms with Crippen molar-refractivity contribution in [1.82, 2.24) is 14.7 Å². The number of rotatable bonds is 6. The van der Waals surface area contributed by atoms with Crippen molar-refractivity contribution >= 4 is 11.3 Å². The molecule has 6 heteroatoms. The van der Waals surface area contributed by atoms with Crippen LogP contribution in [0.4, 0.5) is 0 Å². The van der Waals surface area contributed by atoms with Crippen molar-refractivity contribution in [3.05, 3.63) is 84.0 Å². The van der Waals surface area contributed by atoms with Gasteiger partial charge in [0.25, 0.3) is 5.89 Å². The van der Waals surface area contributed by atoms with Crippen LogP contribution in [0.15, 0.2) is 83.0 Å². The molecule has 0 saturated heterocycles. The van der Waals surface area contributed by atoms with Crippen molar-refractivity contribution in [3.63, 3.8) is 0 Å². The van der Waals surface area contributed by atoms with E-state index >= 15 is 0 Å². The molecule has 5 rings (SSSR count). The molecule has 3 heterocycles. The molecule has 5 aromatic rings. The van der Waals surface area contributed by atoms with Gasteiger partial charge in [-0.15, -0.1) is 11.3 Å². The molecular formula is C26H23N3O2S. The summed E-state index contributed by atoms with van der Waals surface area (Å²) < 4.78 is 13.5. The lowest BCUT2D eigenvalue weighted by molar-refractivity contribution is 0.242. The Morgan fingerprint density at radius 2 is 1.75 bits per heavy atom. The number of ether oxygens (including phenoxy) is 1. The zero-order valence-corrected chi connectivity index (χ0v) is 19.0. The van der Waals surface area contributed by atoms with Crippen molar-refractivity contribution in [2.45, 2.75) is 26.9 Å². The van der Waals surface area contributed by atoms with Crippen LogP contribution in [0.2, 0.25) is 0 Å². The molecule has 0 fully saturated rings. The minimum atomic E-state index is 0.131. The van der Waals surface area contributed by atoms with Crippen LogP contribution in [-0.2, 0) is 0 Å². The second-order valence-corrected chi connectivity index (χ2v) is 8.78. The van der Waals surface area contributed by atoms with Gasteiger partial charge in [-0.1, -0.05) is 35.0 Å². The van der Waals surface area contributed by atoms with Gasteiger partial charge in [-0.25, -0.2) is 0 Å². The maximum atomic E-state index is 5.72. The Kier molecular flexibility index (Phi) is 5.37. The average molecular weight is 442 g/mol. The molecule has 3 aromatic heterocycles. The summed E-state index contributed by atoms with van der Waals surface area (Å²) in [6, 6.07) is 20.3. The summed E-state index contributed by atoms with van der Waals surface area (Å²) in [5.41, 5.74) is 5.45. The first-order chi connectivity index (χ1) is 15.6. The van der Waals surface area contributed by atoms with Crippen LogP contribution in [0.5, 0.6) is 5.75 Å². The normalized spacial score (nSPS) is 11.2. The molecule has 0 radical (unpaired) electrons.